The first-order valence-corrected chi connectivity index (χ1v) is 8.45. The summed E-state index contributed by atoms with van der Waals surface area (Å²) in [6.07, 6.45) is 1.65. The van der Waals surface area contributed by atoms with Crippen LogP contribution < -0.4 is 10.2 Å². The lowest BCUT2D eigenvalue weighted by molar-refractivity contribution is 0.886. The van der Waals surface area contributed by atoms with E-state index in [4.69, 9.17) is 0 Å². The molecule has 3 aromatic rings. The Bertz CT molecular complexity index is 875. The van der Waals surface area contributed by atoms with Crippen LogP contribution in [0.3, 0.4) is 0 Å². The van der Waals surface area contributed by atoms with Crippen molar-refractivity contribution in [2.75, 3.05) is 16.8 Å². The largest absolute Gasteiger partial charge is 0.339 e. The third kappa shape index (κ3) is 3.76. The molecule has 0 spiro atoms. The summed E-state index contributed by atoms with van der Waals surface area (Å²) >= 11 is 0. The van der Waals surface area contributed by atoms with Gasteiger partial charge in [0.05, 0.1) is 6.20 Å². The SMILES string of the molecule is CCN(c1cccc(C)c1)c1nncc(Nc2cccc(C)c2C)n1. The molecular formula is C20H23N5. The fraction of sp³-hybridized carbons (Fsp3) is 0.250. The van der Waals surface area contributed by atoms with Gasteiger partial charge in [-0.1, -0.05) is 24.3 Å². The number of benzene rings is 2. The Balaban J connectivity index is 1.91. The lowest BCUT2D eigenvalue weighted by Gasteiger charge is -2.21. The number of nitrogens with zero attached hydrogens (tertiary/aromatic N) is 4. The molecule has 0 fully saturated rings. The van der Waals surface area contributed by atoms with Crippen LogP contribution >= 0.6 is 0 Å². The molecule has 5 heteroatoms. The molecule has 0 amide bonds. The zero-order valence-corrected chi connectivity index (χ0v) is 15.1. The Labute approximate surface area is 148 Å². The third-order valence-electron chi connectivity index (χ3n) is 4.29. The second-order valence-electron chi connectivity index (χ2n) is 6.10. The number of nitrogens with one attached hydrogen (secondary N) is 1. The summed E-state index contributed by atoms with van der Waals surface area (Å²) in [7, 11) is 0. The van der Waals surface area contributed by atoms with Crippen molar-refractivity contribution in [3.8, 4) is 0 Å². The molecular weight excluding hydrogens is 310 g/mol. The first-order chi connectivity index (χ1) is 12.1. The Morgan fingerprint density at radius 1 is 1.04 bits per heavy atom. The average molecular weight is 333 g/mol. The number of hydrogen-bond acceptors (Lipinski definition) is 5. The Hall–Kier alpha value is -2.95. The highest BCUT2D eigenvalue weighted by atomic mass is 15.3. The fourth-order valence-electron chi connectivity index (χ4n) is 2.73. The minimum absolute atomic E-state index is 0.586. The van der Waals surface area contributed by atoms with Gasteiger partial charge in [0.2, 0.25) is 0 Å². The monoisotopic (exact) mass is 333 g/mol. The van der Waals surface area contributed by atoms with Crippen molar-refractivity contribution in [2.24, 2.45) is 0 Å². The summed E-state index contributed by atoms with van der Waals surface area (Å²) in [6, 6.07) is 14.5. The van der Waals surface area contributed by atoms with Crippen molar-refractivity contribution in [3.63, 3.8) is 0 Å². The van der Waals surface area contributed by atoms with E-state index in [9.17, 15) is 0 Å². The molecule has 3 rings (SSSR count). The van der Waals surface area contributed by atoms with Crippen molar-refractivity contribution < 1.29 is 0 Å². The quantitative estimate of drug-likeness (QED) is 0.733. The number of hydrogen-bond donors (Lipinski definition) is 1. The maximum Gasteiger partial charge on any atom is 0.251 e. The van der Waals surface area contributed by atoms with Gasteiger partial charge >= 0.3 is 0 Å². The second-order valence-corrected chi connectivity index (χ2v) is 6.10. The number of aromatic nitrogens is 3. The topological polar surface area (TPSA) is 53.9 Å². The Morgan fingerprint density at radius 3 is 2.60 bits per heavy atom. The first-order valence-electron chi connectivity index (χ1n) is 8.45. The predicted octanol–water partition coefficient (Wildman–Crippen LogP) is 4.70. The van der Waals surface area contributed by atoms with Crippen LogP contribution in [0, 0.1) is 20.8 Å². The standard InChI is InChI=1S/C20H23N5/c1-5-25(17-10-6-8-14(2)12-17)20-23-19(13-21-24-20)22-18-11-7-9-15(3)16(18)4/h6-13H,5H2,1-4H3,(H,22,23,24). The van der Waals surface area contributed by atoms with Gasteiger partial charge in [0.25, 0.3) is 5.95 Å². The molecule has 0 atom stereocenters. The Morgan fingerprint density at radius 2 is 1.84 bits per heavy atom. The zero-order chi connectivity index (χ0) is 17.8. The predicted molar refractivity (Wildman–Crippen MR) is 103 cm³/mol. The highest BCUT2D eigenvalue weighted by Crippen LogP contribution is 2.25. The van der Waals surface area contributed by atoms with Crippen LogP contribution in [-0.2, 0) is 0 Å². The normalized spacial score (nSPS) is 10.6. The molecule has 0 radical (unpaired) electrons. The van der Waals surface area contributed by atoms with Gasteiger partial charge in [-0.2, -0.15) is 10.1 Å². The highest BCUT2D eigenvalue weighted by Gasteiger charge is 2.12. The average Bonchev–Trinajstić information content (AvgIpc) is 2.60. The number of rotatable bonds is 5. The van der Waals surface area contributed by atoms with E-state index in [1.165, 1.54) is 16.7 Å². The molecule has 1 heterocycles. The molecule has 5 nitrogen and oxygen atoms in total. The summed E-state index contributed by atoms with van der Waals surface area (Å²) in [4.78, 5) is 6.71. The van der Waals surface area contributed by atoms with Gasteiger partial charge < -0.3 is 10.2 Å². The summed E-state index contributed by atoms with van der Waals surface area (Å²) in [5, 5.41) is 11.7. The highest BCUT2D eigenvalue weighted by molar-refractivity contribution is 5.63. The maximum atomic E-state index is 4.66. The second kappa shape index (κ2) is 7.30. The molecule has 0 unspecified atom stereocenters. The van der Waals surface area contributed by atoms with Gasteiger partial charge in [-0.05, 0) is 62.6 Å². The minimum Gasteiger partial charge on any atom is -0.339 e. The minimum atomic E-state index is 0.586. The van der Waals surface area contributed by atoms with E-state index in [0.717, 1.165) is 17.9 Å². The van der Waals surface area contributed by atoms with E-state index in [2.05, 4.69) is 72.5 Å². The summed E-state index contributed by atoms with van der Waals surface area (Å²) in [5.74, 6) is 1.27. The lowest BCUT2D eigenvalue weighted by atomic mass is 10.1. The smallest absolute Gasteiger partial charge is 0.251 e. The van der Waals surface area contributed by atoms with Gasteiger partial charge in [-0.25, -0.2) is 0 Å². The first kappa shape index (κ1) is 16.9. The van der Waals surface area contributed by atoms with Crippen molar-refractivity contribution >= 4 is 23.1 Å². The van der Waals surface area contributed by atoms with Crippen molar-refractivity contribution in [2.45, 2.75) is 27.7 Å². The van der Waals surface area contributed by atoms with Crippen LogP contribution in [0.15, 0.2) is 48.7 Å². The van der Waals surface area contributed by atoms with Gasteiger partial charge in [0.1, 0.15) is 0 Å². The molecule has 1 N–H and O–H groups in total. The van der Waals surface area contributed by atoms with E-state index in [-0.39, 0.29) is 0 Å². The van der Waals surface area contributed by atoms with E-state index in [1.807, 2.05) is 23.1 Å². The van der Waals surface area contributed by atoms with Crippen LogP contribution in [0.4, 0.5) is 23.1 Å². The van der Waals surface area contributed by atoms with Crippen LogP contribution in [0.5, 0.6) is 0 Å². The van der Waals surface area contributed by atoms with Crippen LogP contribution in [0.1, 0.15) is 23.6 Å². The molecule has 1 aromatic heterocycles. The lowest BCUT2D eigenvalue weighted by Crippen LogP contribution is -2.19. The molecule has 0 saturated heterocycles. The van der Waals surface area contributed by atoms with Gasteiger partial charge in [0.15, 0.2) is 5.82 Å². The molecule has 0 aliphatic carbocycles. The van der Waals surface area contributed by atoms with Gasteiger partial charge in [0, 0.05) is 17.9 Å². The maximum absolute atomic E-state index is 4.66. The number of aryl methyl sites for hydroxylation is 2. The van der Waals surface area contributed by atoms with Crippen LogP contribution in [-0.4, -0.2) is 21.7 Å². The molecule has 0 bridgehead atoms. The van der Waals surface area contributed by atoms with Crippen molar-refractivity contribution in [1.29, 1.82) is 0 Å². The van der Waals surface area contributed by atoms with E-state index >= 15 is 0 Å². The zero-order valence-electron chi connectivity index (χ0n) is 15.1. The van der Waals surface area contributed by atoms with Crippen molar-refractivity contribution in [1.82, 2.24) is 15.2 Å². The summed E-state index contributed by atoms with van der Waals surface area (Å²) in [6.45, 7) is 9.11. The van der Waals surface area contributed by atoms with E-state index in [1.54, 1.807) is 6.20 Å². The fourth-order valence-corrected chi connectivity index (χ4v) is 2.73. The summed E-state index contributed by atoms with van der Waals surface area (Å²) < 4.78 is 0. The third-order valence-corrected chi connectivity index (χ3v) is 4.29. The van der Waals surface area contributed by atoms with Crippen LogP contribution in [0.25, 0.3) is 0 Å². The van der Waals surface area contributed by atoms with E-state index < -0.39 is 0 Å². The Kier molecular flexibility index (Phi) is 4.93. The van der Waals surface area contributed by atoms with Crippen LogP contribution in [0.2, 0.25) is 0 Å². The summed E-state index contributed by atoms with van der Waals surface area (Å²) in [5.41, 5.74) is 5.74. The van der Waals surface area contributed by atoms with Gasteiger partial charge in [-0.3, -0.25) is 0 Å². The van der Waals surface area contributed by atoms with Crippen molar-refractivity contribution in [3.05, 3.63) is 65.4 Å². The molecule has 2 aromatic carbocycles. The van der Waals surface area contributed by atoms with E-state index in [0.29, 0.717) is 11.8 Å². The molecule has 0 saturated carbocycles. The molecule has 0 aliphatic heterocycles. The van der Waals surface area contributed by atoms with Gasteiger partial charge in [-0.15, -0.1) is 5.10 Å². The molecule has 0 aliphatic rings. The molecule has 128 valence electrons. The number of anilines is 4. The molecule has 25 heavy (non-hydrogen) atoms.